The zero-order chi connectivity index (χ0) is 20.8. The Morgan fingerprint density at radius 2 is 2.10 bits per heavy atom. The molecule has 2 heterocycles. The summed E-state index contributed by atoms with van der Waals surface area (Å²) in [6, 6.07) is 11.0. The molecule has 1 atom stereocenters. The van der Waals surface area contributed by atoms with Crippen molar-refractivity contribution in [3.63, 3.8) is 0 Å². The fraction of sp³-hybridized carbons (Fsp3) is 0.364. The first-order valence-corrected chi connectivity index (χ1v) is 9.68. The highest BCUT2D eigenvalue weighted by Crippen LogP contribution is 2.25. The van der Waals surface area contributed by atoms with Crippen molar-refractivity contribution in [3.05, 3.63) is 53.4 Å². The summed E-state index contributed by atoms with van der Waals surface area (Å²) < 4.78 is 16.7. The zero-order valence-electron chi connectivity index (χ0n) is 17.0. The smallest absolute Gasteiger partial charge is 0.255 e. The molecule has 0 spiro atoms. The summed E-state index contributed by atoms with van der Waals surface area (Å²) >= 11 is 0. The number of hydrogen-bond donors (Lipinski definition) is 2. The lowest BCUT2D eigenvalue weighted by molar-refractivity contribution is 0.0948. The zero-order valence-corrected chi connectivity index (χ0v) is 17.0. The van der Waals surface area contributed by atoms with Gasteiger partial charge in [-0.05, 0) is 36.2 Å². The fourth-order valence-corrected chi connectivity index (χ4v) is 2.80. The summed E-state index contributed by atoms with van der Waals surface area (Å²) in [6.45, 7) is 5.55. The average molecular weight is 397 g/mol. The molecule has 2 aromatic heterocycles. The van der Waals surface area contributed by atoms with Crippen LogP contribution in [0.2, 0.25) is 0 Å². The lowest BCUT2D eigenvalue weighted by atomic mass is 10.1. The number of carbonyl (C=O) groups is 1. The largest absolute Gasteiger partial charge is 0.493 e. The molecular formula is C22H27N3O4. The minimum Gasteiger partial charge on any atom is -0.493 e. The molecule has 0 aliphatic rings. The van der Waals surface area contributed by atoms with Gasteiger partial charge in [-0.25, -0.2) is 4.98 Å². The summed E-state index contributed by atoms with van der Waals surface area (Å²) in [6.07, 6.45) is 1.07. The van der Waals surface area contributed by atoms with Crippen LogP contribution >= 0.6 is 0 Å². The van der Waals surface area contributed by atoms with Gasteiger partial charge < -0.3 is 24.9 Å². The monoisotopic (exact) mass is 397 g/mol. The molecule has 3 N–H and O–H groups in total. The molecule has 0 aliphatic carbocycles. The Hall–Kier alpha value is -3.06. The van der Waals surface area contributed by atoms with Crippen molar-refractivity contribution in [2.24, 2.45) is 5.92 Å². The Morgan fingerprint density at radius 1 is 1.28 bits per heavy atom. The van der Waals surface area contributed by atoms with Crippen LogP contribution in [0.4, 0.5) is 5.82 Å². The fourth-order valence-electron chi connectivity index (χ4n) is 2.80. The second kappa shape index (κ2) is 9.43. The topological polar surface area (TPSA) is 99.6 Å². The van der Waals surface area contributed by atoms with Crippen LogP contribution < -0.4 is 15.8 Å². The van der Waals surface area contributed by atoms with Gasteiger partial charge in [0.25, 0.3) is 5.91 Å². The number of fused-ring (bicyclic) bond motifs is 1. The van der Waals surface area contributed by atoms with E-state index in [2.05, 4.69) is 24.1 Å². The minimum absolute atomic E-state index is 0.171. The first-order chi connectivity index (χ1) is 14.0. The van der Waals surface area contributed by atoms with Crippen molar-refractivity contribution >= 4 is 22.7 Å². The maximum Gasteiger partial charge on any atom is 0.255 e. The number of pyridine rings is 1. The molecule has 154 valence electrons. The molecule has 7 nitrogen and oxygen atoms in total. The molecule has 29 heavy (non-hydrogen) atoms. The summed E-state index contributed by atoms with van der Waals surface area (Å²) in [7, 11) is 1.58. The number of hydrogen-bond acceptors (Lipinski definition) is 6. The quantitative estimate of drug-likeness (QED) is 0.568. The Balaban J connectivity index is 1.63. The van der Waals surface area contributed by atoms with Crippen molar-refractivity contribution in [1.82, 2.24) is 10.3 Å². The van der Waals surface area contributed by atoms with Crippen LogP contribution in [0.5, 0.6) is 5.75 Å². The molecule has 0 fully saturated rings. The molecule has 0 radical (unpaired) electrons. The van der Waals surface area contributed by atoms with Crippen LogP contribution in [-0.4, -0.2) is 24.6 Å². The van der Waals surface area contributed by atoms with Crippen molar-refractivity contribution < 1.29 is 18.7 Å². The number of aromatic nitrogens is 1. The van der Waals surface area contributed by atoms with Crippen LogP contribution in [0.25, 0.3) is 11.0 Å². The molecule has 0 saturated carbocycles. The van der Waals surface area contributed by atoms with Crippen molar-refractivity contribution in [1.29, 1.82) is 0 Å². The number of nitrogen functional groups attached to an aromatic ring is 1. The molecule has 1 amide bonds. The van der Waals surface area contributed by atoms with E-state index < -0.39 is 0 Å². The highest BCUT2D eigenvalue weighted by molar-refractivity contribution is 5.98. The van der Waals surface area contributed by atoms with Gasteiger partial charge in [0.05, 0.1) is 31.0 Å². The highest BCUT2D eigenvalue weighted by Gasteiger charge is 2.13. The molecule has 0 aliphatic heterocycles. The van der Waals surface area contributed by atoms with Crippen LogP contribution in [0.3, 0.4) is 0 Å². The Kier molecular flexibility index (Phi) is 6.72. The molecule has 0 bridgehead atoms. The van der Waals surface area contributed by atoms with Crippen LogP contribution in [-0.2, 0) is 17.9 Å². The van der Waals surface area contributed by atoms with E-state index in [1.54, 1.807) is 19.2 Å². The lowest BCUT2D eigenvalue weighted by Gasteiger charge is -2.10. The molecule has 1 aromatic carbocycles. The Labute approximate surface area is 170 Å². The van der Waals surface area contributed by atoms with Crippen LogP contribution in [0.1, 0.15) is 42.1 Å². The van der Waals surface area contributed by atoms with Crippen molar-refractivity contribution in [3.8, 4) is 5.75 Å². The van der Waals surface area contributed by atoms with E-state index >= 15 is 0 Å². The number of amides is 1. The maximum absolute atomic E-state index is 12.4. The van der Waals surface area contributed by atoms with E-state index in [1.807, 2.05) is 24.3 Å². The van der Waals surface area contributed by atoms with Gasteiger partial charge in [-0.3, -0.25) is 4.79 Å². The number of methoxy groups -OCH3 is 1. The van der Waals surface area contributed by atoms with Gasteiger partial charge in [0, 0.05) is 18.6 Å². The molecule has 0 saturated heterocycles. The minimum atomic E-state index is -0.308. The summed E-state index contributed by atoms with van der Waals surface area (Å²) in [5.74, 6) is 1.79. The molecule has 3 aromatic rings. The van der Waals surface area contributed by atoms with Gasteiger partial charge in [0.2, 0.25) is 0 Å². The number of nitrogens with zero attached hydrogens (tertiary/aromatic N) is 1. The molecule has 1 unspecified atom stereocenters. The molecular weight excluding hydrogens is 370 g/mol. The van der Waals surface area contributed by atoms with Crippen molar-refractivity contribution in [2.45, 2.75) is 33.4 Å². The van der Waals surface area contributed by atoms with Gasteiger partial charge in [0.1, 0.15) is 22.9 Å². The third-order valence-electron chi connectivity index (χ3n) is 4.72. The average Bonchev–Trinajstić information content (AvgIpc) is 3.12. The van der Waals surface area contributed by atoms with Crippen LogP contribution in [0.15, 0.2) is 40.8 Å². The number of anilines is 1. The Bertz CT molecular complexity index is 983. The van der Waals surface area contributed by atoms with Gasteiger partial charge in [-0.1, -0.05) is 20.3 Å². The van der Waals surface area contributed by atoms with E-state index in [9.17, 15) is 4.79 Å². The number of carbonyl (C=O) groups excluding carboxylic acids is 1. The Morgan fingerprint density at radius 3 is 2.83 bits per heavy atom. The van der Waals surface area contributed by atoms with Gasteiger partial charge in [-0.2, -0.15) is 0 Å². The van der Waals surface area contributed by atoms with Gasteiger partial charge >= 0.3 is 0 Å². The van der Waals surface area contributed by atoms with E-state index in [0.29, 0.717) is 36.1 Å². The molecule has 3 rings (SSSR count). The highest BCUT2D eigenvalue weighted by atomic mass is 16.5. The normalized spacial score (nSPS) is 12.1. The van der Waals surface area contributed by atoms with E-state index in [4.69, 9.17) is 19.6 Å². The molecule has 7 heteroatoms. The van der Waals surface area contributed by atoms with Crippen LogP contribution in [0, 0.1) is 5.92 Å². The first kappa shape index (κ1) is 20.7. The standard InChI is InChI=1S/C22H27N3O4/c1-4-14(2)12-28-17-7-5-15-9-18(29-20(15)10-17)11-24-22(26)19-8-6-16(13-27-3)25-21(19)23/h5-10,14H,4,11-13H2,1-3H3,(H2,23,25)(H,24,26). The summed E-state index contributed by atoms with van der Waals surface area (Å²) in [4.78, 5) is 16.6. The maximum atomic E-state index is 12.4. The van der Waals surface area contributed by atoms with E-state index in [-0.39, 0.29) is 18.3 Å². The van der Waals surface area contributed by atoms with Gasteiger partial charge in [0.15, 0.2) is 0 Å². The third kappa shape index (κ3) is 5.26. The lowest BCUT2D eigenvalue weighted by Crippen LogP contribution is -2.24. The second-order valence-corrected chi connectivity index (χ2v) is 7.09. The van der Waals surface area contributed by atoms with Crippen molar-refractivity contribution in [2.75, 3.05) is 19.5 Å². The van der Waals surface area contributed by atoms with E-state index in [1.165, 1.54) is 0 Å². The number of benzene rings is 1. The number of nitrogens with one attached hydrogen (secondary N) is 1. The number of furan rings is 1. The number of rotatable bonds is 9. The number of nitrogens with two attached hydrogens (primary N) is 1. The predicted octanol–water partition coefficient (Wildman–Crippen LogP) is 3.91. The third-order valence-corrected chi connectivity index (χ3v) is 4.72. The van der Waals surface area contributed by atoms with E-state index in [0.717, 1.165) is 23.1 Å². The number of ether oxygens (including phenoxy) is 2. The predicted molar refractivity (Wildman–Crippen MR) is 112 cm³/mol. The summed E-state index contributed by atoms with van der Waals surface area (Å²) in [5.41, 5.74) is 7.61. The summed E-state index contributed by atoms with van der Waals surface area (Å²) in [5, 5.41) is 3.77. The first-order valence-electron chi connectivity index (χ1n) is 9.68. The van der Waals surface area contributed by atoms with Gasteiger partial charge in [-0.15, -0.1) is 0 Å². The second-order valence-electron chi connectivity index (χ2n) is 7.09. The SMILES string of the molecule is CCC(C)COc1ccc2cc(CNC(=O)c3ccc(COC)nc3N)oc2c1.